The standard InChI is InChI=1S/C27H26FN3O6/c1-29-26(34)27(35)31(17-32)14-13-18-5-12-24(36-2)23(15-18)25(33)30-16-19-3-8-21(9-4-19)37-22-10-6-20(28)7-11-22/h3-12,15,17H,13-14,16H2,1-2H3,(H,29,34)(H,30,33). The first kappa shape index (κ1) is 26.9. The van der Waals surface area contributed by atoms with Gasteiger partial charge in [-0.3, -0.25) is 24.1 Å². The number of amides is 4. The van der Waals surface area contributed by atoms with E-state index in [2.05, 4.69) is 10.6 Å². The van der Waals surface area contributed by atoms with Gasteiger partial charge in [-0.2, -0.15) is 0 Å². The van der Waals surface area contributed by atoms with Crippen molar-refractivity contribution in [1.82, 2.24) is 15.5 Å². The molecule has 37 heavy (non-hydrogen) atoms. The summed E-state index contributed by atoms with van der Waals surface area (Å²) in [7, 11) is 2.75. The van der Waals surface area contributed by atoms with Gasteiger partial charge in [0.25, 0.3) is 5.91 Å². The smallest absolute Gasteiger partial charge is 0.318 e. The van der Waals surface area contributed by atoms with Gasteiger partial charge in [-0.1, -0.05) is 18.2 Å². The number of imide groups is 1. The van der Waals surface area contributed by atoms with Crippen LogP contribution in [0.1, 0.15) is 21.5 Å². The molecule has 2 N–H and O–H groups in total. The number of hydrogen-bond donors (Lipinski definition) is 2. The lowest BCUT2D eigenvalue weighted by atomic mass is 10.1. The van der Waals surface area contributed by atoms with Crippen LogP contribution in [0.25, 0.3) is 0 Å². The van der Waals surface area contributed by atoms with Crippen LogP contribution in [0.2, 0.25) is 0 Å². The summed E-state index contributed by atoms with van der Waals surface area (Å²) in [5, 5.41) is 5.02. The van der Waals surface area contributed by atoms with E-state index in [-0.39, 0.29) is 36.8 Å². The van der Waals surface area contributed by atoms with Gasteiger partial charge in [-0.15, -0.1) is 0 Å². The summed E-state index contributed by atoms with van der Waals surface area (Å²) in [5.41, 5.74) is 1.78. The maximum absolute atomic E-state index is 13.0. The van der Waals surface area contributed by atoms with E-state index < -0.39 is 11.8 Å². The number of ether oxygens (including phenoxy) is 2. The van der Waals surface area contributed by atoms with Gasteiger partial charge >= 0.3 is 11.8 Å². The Kier molecular flexibility index (Phi) is 9.31. The fourth-order valence-corrected chi connectivity index (χ4v) is 3.37. The lowest BCUT2D eigenvalue weighted by Gasteiger charge is -2.15. The Morgan fingerprint density at radius 3 is 2.16 bits per heavy atom. The summed E-state index contributed by atoms with van der Waals surface area (Å²) < 4.78 is 24.0. The molecule has 0 fully saturated rings. The number of halogens is 1. The van der Waals surface area contributed by atoms with Crippen molar-refractivity contribution in [2.24, 2.45) is 0 Å². The van der Waals surface area contributed by atoms with E-state index >= 15 is 0 Å². The van der Waals surface area contributed by atoms with Crippen LogP contribution < -0.4 is 20.1 Å². The molecule has 0 spiro atoms. The molecule has 0 saturated carbocycles. The zero-order chi connectivity index (χ0) is 26.8. The van der Waals surface area contributed by atoms with Gasteiger partial charge in [-0.05, 0) is 66.1 Å². The summed E-state index contributed by atoms with van der Waals surface area (Å²) >= 11 is 0. The van der Waals surface area contributed by atoms with E-state index in [1.807, 2.05) is 0 Å². The van der Waals surface area contributed by atoms with E-state index in [1.165, 1.54) is 38.4 Å². The Hall–Kier alpha value is -4.73. The van der Waals surface area contributed by atoms with Crippen LogP contribution in [0.5, 0.6) is 17.2 Å². The zero-order valence-electron chi connectivity index (χ0n) is 20.3. The molecule has 9 nitrogen and oxygen atoms in total. The molecule has 0 heterocycles. The quantitative estimate of drug-likeness (QED) is 0.322. The highest BCUT2D eigenvalue weighted by Crippen LogP contribution is 2.23. The van der Waals surface area contributed by atoms with Crippen molar-refractivity contribution in [2.45, 2.75) is 13.0 Å². The molecule has 0 aliphatic rings. The predicted molar refractivity (Wildman–Crippen MR) is 133 cm³/mol. The number of carbonyl (C=O) groups excluding carboxylic acids is 4. The first-order valence-electron chi connectivity index (χ1n) is 11.3. The van der Waals surface area contributed by atoms with E-state index in [9.17, 15) is 23.6 Å². The predicted octanol–water partition coefficient (Wildman–Crippen LogP) is 2.83. The minimum atomic E-state index is -0.960. The molecule has 0 saturated heterocycles. The Bertz CT molecular complexity index is 1260. The minimum absolute atomic E-state index is 0.0323. The fourth-order valence-electron chi connectivity index (χ4n) is 3.37. The summed E-state index contributed by atoms with van der Waals surface area (Å²) in [6.07, 6.45) is 0.534. The number of carbonyl (C=O) groups is 4. The monoisotopic (exact) mass is 507 g/mol. The first-order valence-corrected chi connectivity index (χ1v) is 11.3. The van der Waals surface area contributed by atoms with Crippen LogP contribution in [-0.2, 0) is 27.3 Å². The van der Waals surface area contributed by atoms with Crippen LogP contribution in [0.15, 0.2) is 66.7 Å². The normalized spacial score (nSPS) is 10.2. The van der Waals surface area contributed by atoms with Crippen LogP contribution in [0.3, 0.4) is 0 Å². The molecule has 0 aliphatic carbocycles. The van der Waals surface area contributed by atoms with E-state index in [0.29, 0.717) is 29.2 Å². The third-order valence-electron chi connectivity index (χ3n) is 5.39. The summed E-state index contributed by atoms with van der Waals surface area (Å²) in [5.74, 6) is -1.15. The van der Waals surface area contributed by atoms with E-state index in [1.54, 1.807) is 42.5 Å². The number of nitrogens with one attached hydrogen (secondary N) is 2. The summed E-state index contributed by atoms with van der Waals surface area (Å²) in [4.78, 5) is 48.3. The fraction of sp³-hybridized carbons (Fsp3) is 0.185. The molecule has 3 aromatic carbocycles. The van der Waals surface area contributed by atoms with Gasteiger partial charge < -0.3 is 20.1 Å². The molecule has 0 aliphatic heterocycles. The maximum atomic E-state index is 13.0. The van der Waals surface area contributed by atoms with E-state index in [4.69, 9.17) is 9.47 Å². The molecule has 3 rings (SSSR count). The van der Waals surface area contributed by atoms with Crippen LogP contribution in [0, 0.1) is 5.82 Å². The van der Waals surface area contributed by atoms with Crippen molar-refractivity contribution in [3.63, 3.8) is 0 Å². The molecule has 0 bridgehead atoms. The third kappa shape index (κ3) is 7.38. The van der Waals surface area contributed by atoms with Gasteiger partial charge in [0.05, 0.1) is 12.7 Å². The van der Waals surface area contributed by atoms with Crippen LogP contribution >= 0.6 is 0 Å². The molecular formula is C27H26FN3O6. The van der Waals surface area contributed by atoms with Crippen molar-refractivity contribution >= 4 is 24.1 Å². The van der Waals surface area contributed by atoms with Crippen molar-refractivity contribution in [3.8, 4) is 17.2 Å². The minimum Gasteiger partial charge on any atom is -0.496 e. The highest BCUT2D eigenvalue weighted by Gasteiger charge is 2.20. The van der Waals surface area contributed by atoms with Gasteiger partial charge in [0.15, 0.2) is 0 Å². The molecule has 4 amide bonds. The van der Waals surface area contributed by atoms with Crippen molar-refractivity contribution < 1.29 is 33.0 Å². The summed E-state index contributed by atoms with van der Waals surface area (Å²) in [6, 6.07) is 17.7. The highest BCUT2D eigenvalue weighted by atomic mass is 19.1. The Morgan fingerprint density at radius 2 is 1.57 bits per heavy atom. The highest BCUT2D eigenvalue weighted by molar-refractivity contribution is 6.36. The maximum Gasteiger partial charge on any atom is 0.318 e. The lowest BCUT2D eigenvalue weighted by molar-refractivity contribution is -0.148. The van der Waals surface area contributed by atoms with Gasteiger partial charge in [0.2, 0.25) is 6.41 Å². The molecule has 0 atom stereocenters. The average molecular weight is 508 g/mol. The number of likely N-dealkylation sites (N-methyl/N-ethyl adjacent to an activating group) is 1. The molecule has 0 unspecified atom stereocenters. The van der Waals surface area contributed by atoms with Gasteiger partial charge in [0.1, 0.15) is 23.1 Å². The van der Waals surface area contributed by atoms with Crippen molar-refractivity contribution in [1.29, 1.82) is 0 Å². The Balaban J connectivity index is 1.61. The SMILES string of the molecule is CNC(=O)C(=O)N(C=O)CCc1ccc(OC)c(C(=O)NCc2ccc(Oc3ccc(F)cc3)cc2)c1. The number of methoxy groups -OCH3 is 1. The lowest BCUT2D eigenvalue weighted by Crippen LogP contribution is -2.41. The number of rotatable bonds is 10. The average Bonchev–Trinajstić information content (AvgIpc) is 2.93. The number of benzene rings is 3. The topological polar surface area (TPSA) is 114 Å². The second kappa shape index (κ2) is 12.8. The first-order chi connectivity index (χ1) is 17.8. The number of hydrogen-bond acceptors (Lipinski definition) is 6. The van der Waals surface area contributed by atoms with E-state index in [0.717, 1.165) is 10.5 Å². The van der Waals surface area contributed by atoms with Gasteiger partial charge in [0, 0.05) is 20.1 Å². The second-order valence-corrected chi connectivity index (χ2v) is 7.85. The third-order valence-corrected chi connectivity index (χ3v) is 5.39. The molecule has 3 aromatic rings. The largest absolute Gasteiger partial charge is 0.496 e. The van der Waals surface area contributed by atoms with Crippen molar-refractivity contribution in [2.75, 3.05) is 20.7 Å². The second-order valence-electron chi connectivity index (χ2n) is 7.85. The Labute approximate surface area is 213 Å². The molecule has 10 heteroatoms. The van der Waals surface area contributed by atoms with Crippen molar-refractivity contribution in [3.05, 3.63) is 89.2 Å². The number of nitrogens with zero attached hydrogens (tertiary/aromatic N) is 1. The Morgan fingerprint density at radius 1 is 0.946 bits per heavy atom. The van der Waals surface area contributed by atoms with Gasteiger partial charge in [-0.25, -0.2) is 4.39 Å². The molecule has 192 valence electrons. The zero-order valence-corrected chi connectivity index (χ0v) is 20.3. The molecular weight excluding hydrogens is 481 g/mol. The van der Waals surface area contributed by atoms with Crippen LogP contribution in [0.4, 0.5) is 4.39 Å². The van der Waals surface area contributed by atoms with Crippen LogP contribution in [-0.4, -0.2) is 49.7 Å². The molecule has 0 aromatic heterocycles. The summed E-state index contributed by atoms with van der Waals surface area (Å²) in [6.45, 7) is 0.206. The molecule has 0 radical (unpaired) electrons.